The molecule has 0 radical (unpaired) electrons. The van der Waals surface area contributed by atoms with E-state index >= 15 is 0 Å². The van der Waals surface area contributed by atoms with Crippen LogP contribution in [0.2, 0.25) is 0 Å². The van der Waals surface area contributed by atoms with Crippen LogP contribution < -0.4 is 5.32 Å². The van der Waals surface area contributed by atoms with Crippen LogP contribution in [0.4, 0.5) is 0 Å². The molecule has 0 rings (SSSR count). The van der Waals surface area contributed by atoms with Crippen LogP contribution >= 0.6 is 0 Å². The Bertz CT molecular complexity index is 122. The van der Waals surface area contributed by atoms with Gasteiger partial charge in [-0.15, -0.1) is 6.58 Å². The summed E-state index contributed by atoms with van der Waals surface area (Å²) in [5.74, 6) is 0. The zero-order chi connectivity index (χ0) is 10.2. The summed E-state index contributed by atoms with van der Waals surface area (Å²) in [5.41, 5.74) is 0.418. The van der Waals surface area contributed by atoms with Gasteiger partial charge in [-0.05, 0) is 37.8 Å². The van der Waals surface area contributed by atoms with Gasteiger partial charge in [0, 0.05) is 0 Å². The highest BCUT2D eigenvalue weighted by Gasteiger charge is 2.07. The lowest BCUT2D eigenvalue weighted by Crippen LogP contribution is -2.27. The standard InChI is InChI=1S/C12H25N/c1-5-6-7-8-9-10-13-11-12(2,3)4/h5,13H,1,6-11H2,2-4H3. The normalized spacial score (nSPS) is 11.6. The van der Waals surface area contributed by atoms with Crippen molar-refractivity contribution in [3.8, 4) is 0 Å². The Morgan fingerprint density at radius 3 is 2.38 bits per heavy atom. The third-order valence-electron chi connectivity index (χ3n) is 1.92. The molecule has 0 saturated heterocycles. The number of hydrogen-bond acceptors (Lipinski definition) is 1. The Morgan fingerprint density at radius 1 is 1.15 bits per heavy atom. The number of nitrogens with one attached hydrogen (secondary N) is 1. The van der Waals surface area contributed by atoms with E-state index in [9.17, 15) is 0 Å². The Kier molecular flexibility index (Phi) is 6.97. The van der Waals surface area contributed by atoms with Crippen LogP contribution in [0.5, 0.6) is 0 Å². The lowest BCUT2D eigenvalue weighted by Gasteiger charge is -2.18. The summed E-state index contributed by atoms with van der Waals surface area (Å²) in [4.78, 5) is 0. The van der Waals surface area contributed by atoms with Crippen LogP contribution in [0.3, 0.4) is 0 Å². The van der Waals surface area contributed by atoms with Crippen LogP contribution in [0.1, 0.15) is 46.5 Å². The summed E-state index contributed by atoms with van der Waals surface area (Å²) in [7, 11) is 0. The van der Waals surface area contributed by atoms with Crippen LogP contribution in [-0.2, 0) is 0 Å². The quantitative estimate of drug-likeness (QED) is 0.471. The van der Waals surface area contributed by atoms with Crippen molar-refractivity contribution in [3.05, 3.63) is 12.7 Å². The largest absolute Gasteiger partial charge is 0.316 e. The third-order valence-corrected chi connectivity index (χ3v) is 1.92. The first kappa shape index (κ1) is 12.7. The number of rotatable bonds is 7. The lowest BCUT2D eigenvalue weighted by molar-refractivity contribution is 0.377. The van der Waals surface area contributed by atoms with Gasteiger partial charge in [0.15, 0.2) is 0 Å². The van der Waals surface area contributed by atoms with Crippen molar-refractivity contribution in [1.29, 1.82) is 0 Å². The number of unbranched alkanes of at least 4 members (excludes halogenated alkanes) is 3. The highest BCUT2D eigenvalue weighted by atomic mass is 14.9. The lowest BCUT2D eigenvalue weighted by atomic mass is 9.97. The minimum Gasteiger partial charge on any atom is -0.316 e. The molecule has 0 aliphatic rings. The summed E-state index contributed by atoms with van der Waals surface area (Å²) >= 11 is 0. The molecule has 0 spiro atoms. The van der Waals surface area contributed by atoms with Crippen molar-refractivity contribution in [2.24, 2.45) is 5.41 Å². The van der Waals surface area contributed by atoms with E-state index in [1.165, 1.54) is 25.7 Å². The SMILES string of the molecule is C=CCCCCCNCC(C)(C)C. The van der Waals surface area contributed by atoms with Crippen LogP contribution in [0, 0.1) is 5.41 Å². The molecule has 0 aliphatic heterocycles. The molecule has 0 aromatic heterocycles. The van der Waals surface area contributed by atoms with E-state index in [1.807, 2.05) is 6.08 Å². The molecule has 0 unspecified atom stereocenters. The molecule has 78 valence electrons. The summed E-state index contributed by atoms with van der Waals surface area (Å²) in [6, 6.07) is 0. The fourth-order valence-electron chi connectivity index (χ4n) is 1.18. The summed E-state index contributed by atoms with van der Waals surface area (Å²) in [6.07, 6.45) is 7.08. The van der Waals surface area contributed by atoms with Crippen molar-refractivity contribution >= 4 is 0 Å². The van der Waals surface area contributed by atoms with E-state index < -0.39 is 0 Å². The minimum atomic E-state index is 0.418. The molecule has 0 aliphatic carbocycles. The predicted molar refractivity (Wildman–Crippen MR) is 61.0 cm³/mol. The van der Waals surface area contributed by atoms with Gasteiger partial charge in [0.1, 0.15) is 0 Å². The van der Waals surface area contributed by atoms with Crippen molar-refractivity contribution in [2.45, 2.75) is 46.5 Å². The first-order chi connectivity index (χ1) is 6.06. The Labute approximate surface area is 83.6 Å². The van der Waals surface area contributed by atoms with E-state index in [0.29, 0.717) is 5.41 Å². The highest BCUT2D eigenvalue weighted by Crippen LogP contribution is 2.10. The van der Waals surface area contributed by atoms with Gasteiger partial charge in [-0.2, -0.15) is 0 Å². The summed E-state index contributed by atoms with van der Waals surface area (Å²) in [6.45, 7) is 12.8. The highest BCUT2D eigenvalue weighted by molar-refractivity contribution is 4.67. The van der Waals surface area contributed by atoms with E-state index in [4.69, 9.17) is 0 Å². The van der Waals surface area contributed by atoms with E-state index in [0.717, 1.165) is 13.1 Å². The first-order valence-electron chi connectivity index (χ1n) is 5.38. The van der Waals surface area contributed by atoms with Crippen LogP contribution in [0.15, 0.2) is 12.7 Å². The fraction of sp³-hybridized carbons (Fsp3) is 0.833. The van der Waals surface area contributed by atoms with Crippen molar-refractivity contribution < 1.29 is 0 Å². The Morgan fingerprint density at radius 2 is 1.85 bits per heavy atom. The van der Waals surface area contributed by atoms with Gasteiger partial charge in [0.2, 0.25) is 0 Å². The van der Waals surface area contributed by atoms with Gasteiger partial charge in [0.25, 0.3) is 0 Å². The van der Waals surface area contributed by atoms with E-state index in [1.54, 1.807) is 0 Å². The second kappa shape index (κ2) is 7.14. The van der Waals surface area contributed by atoms with Gasteiger partial charge < -0.3 is 5.32 Å². The minimum absolute atomic E-state index is 0.418. The third kappa shape index (κ3) is 11.7. The molecule has 0 heterocycles. The maximum absolute atomic E-state index is 3.71. The topological polar surface area (TPSA) is 12.0 Å². The zero-order valence-corrected chi connectivity index (χ0v) is 9.53. The molecule has 0 atom stereocenters. The average molecular weight is 183 g/mol. The maximum atomic E-state index is 3.71. The number of hydrogen-bond donors (Lipinski definition) is 1. The molecule has 0 bridgehead atoms. The second-order valence-corrected chi connectivity index (χ2v) is 4.88. The molecule has 1 N–H and O–H groups in total. The first-order valence-corrected chi connectivity index (χ1v) is 5.38. The number of allylic oxidation sites excluding steroid dienone is 1. The van der Waals surface area contributed by atoms with Gasteiger partial charge in [-0.3, -0.25) is 0 Å². The predicted octanol–water partition coefficient (Wildman–Crippen LogP) is 3.37. The zero-order valence-electron chi connectivity index (χ0n) is 9.53. The molecule has 0 amide bonds. The second-order valence-electron chi connectivity index (χ2n) is 4.88. The molecule has 0 saturated carbocycles. The Hall–Kier alpha value is -0.300. The van der Waals surface area contributed by atoms with Crippen LogP contribution in [-0.4, -0.2) is 13.1 Å². The van der Waals surface area contributed by atoms with Crippen LogP contribution in [0.25, 0.3) is 0 Å². The van der Waals surface area contributed by atoms with Gasteiger partial charge in [-0.1, -0.05) is 33.3 Å². The fourth-order valence-corrected chi connectivity index (χ4v) is 1.18. The van der Waals surface area contributed by atoms with Gasteiger partial charge in [-0.25, -0.2) is 0 Å². The van der Waals surface area contributed by atoms with Crippen molar-refractivity contribution in [2.75, 3.05) is 13.1 Å². The van der Waals surface area contributed by atoms with E-state index in [-0.39, 0.29) is 0 Å². The molecule has 0 aromatic carbocycles. The van der Waals surface area contributed by atoms with Gasteiger partial charge >= 0.3 is 0 Å². The van der Waals surface area contributed by atoms with Crippen molar-refractivity contribution in [3.63, 3.8) is 0 Å². The average Bonchev–Trinajstić information content (AvgIpc) is 2.01. The monoisotopic (exact) mass is 183 g/mol. The molecular weight excluding hydrogens is 158 g/mol. The van der Waals surface area contributed by atoms with Gasteiger partial charge in [0.05, 0.1) is 0 Å². The van der Waals surface area contributed by atoms with E-state index in [2.05, 4.69) is 32.7 Å². The molecule has 0 fully saturated rings. The molecule has 1 nitrogen and oxygen atoms in total. The molecule has 13 heavy (non-hydrogen) atoms. The Balaban J connectivity index is 3.04. The molecular formula is C12H25N. The smallest absolute Gasteiger partial charge is 0.0000126 e. The molecule has 0 aromatic rings. The maximum Gasteiger partial charge on any atom is -0.0000126 e. The molecule has 1 heteroatoms. The summed E-state index contributed by atoms with van der Waals surface area (Å²) < 4.78 is 0. The van der Waals surface area contributed by atoms with Crippen molar-refractivity contribution in [1.82, 2.24) is 5.32 Å². The summed E-state index contributed by atoms with van der Waals surface area (Å²) in [5, 5.41) is 3.48.